The standard InChI is InChI=1S/C19H24N2O2/c1-14(13-22)15(2)20-19(23)17-11-7-8-12-18(17)21(3)16-9-5-4-6-10-16/h4-12,14-15,22H,13H2,1-3H3,(H,20,23). The third-order valence-electron chi connectivity index (χ3n) is 4.15. The van der Waals surface area contributed by atoms with Gasteiger partial charge < -0.3 is 15.3 Å². The quantitative estimate of drug-likeness (QED) is 0.861. The molecular weight excluding hydrogens is 288 g/mol. The summed E-state index contributed by atoms with van der Waals surface area (Å²) in [6.45, 7) is 3.86. The summed E-state index contributed by atoms with van der Waals surface area (Å²) in [4.78, 5) is 14.6. The van der Waals surface area contributed by atoms with Crippen LogP contribution in [0.4, 0.5) is 11.4 Å². The Bertz CT molecular complexity index is 643. The lowest BCUT2D eigenvalue weighted by atomic mass is 10.0. The van der Waals surface area contributed by atoms with Crippen LogP contribution in [-0.2, 0) is 0 Å². The fourth-order valence-corrected chi connectivity index (χ4v) is 2.33. The van der Waals surface area contributed by atoms with Crippen molar-refractivity contribution in [1.29, 1.82) is 0 Å². The van der Waals surface area contributed by atoms with E-state index >= 15 is 0 Å². The first-order valence-electron chi connectivity index (χ1n) is 7.84. The average Bonchev–Trinajstić information content (AvgIpc) is 2.60. The molecule has 2 unspecified atom stereocenters. The van der Waals surface area contributed by atoms with Crippen LogP contribution in [-0.4, -0.2) is 30.7 Å². The first-order valence-corrected chi connectivity index (χ1v) is 7.84. The lowest BCUT2D eigenvalue weighted by molar-refractivity contribution is 0.0917. The van der Waals surface area contributed by atoms with Crippen LogP contribution in [0.25, 0.3) is 0 Å². The van der Waals surface area contributed by atoms with E-state index in [1.165, 1.54) is 0 Å². The Morgan fingerprint density at radius 3 is 2.35 bits per heavy atom. The minimum atomic E-state index is -0.129. The second kappa shape index (κ2) is 7.79. The first-order chi connectivity index (χ1) is 11.0. The van der Waals surface area contributed by atoms with Crippen molar-refractivity contribution in [3.05, 3.63) is 60.2 Å². The van der Waals surface area contributed by atoms with E-state index in [0.717, 1.165) is 11.4 Å². The van der Waals surface area contributed by atoms with E-state index < -0.39 is 0 Å². The number of anilines is 2. The van der Waals surface area contributed by atoms with Crippen LogP contribution >= 0.6 is 0 Å². The van der Waals surface area contributed by atoms with Gasteiger partial charge in [0.1, 0.15) is 0 Å². The predicted octanol–water partition coefficient (Wildman–Crippen LogP) is 3.20. The summed E-state index contributed by atoms with van der Waals surface area (Å²) in [5, 5.41) is 12.2. The van der Waals surface area contributed by atoms with Gasteiger partial charge in [0.25, 0.3) is 5.91 Å². The van der Waals surface area contributed by atoms with Gasteiger partial charge in [0.2, 0.25) is 0 Å². The maximum absolute atomic E-state index is 12.6. The van der Waals surface area contributed by atoms with Gasteiger partial charge in [-0.05, 0) is 37.1 Å². The lowest BCUT2D eigenvalue weighted by Gasteiger charge is -2.24. The van der Waals surface area contributed by atoms with Crippen LogP contribution in [0.1, 0.15) is 24.2 Å². The first kappa shape index (κ1) is 17.0. The highest BCUT2D eigenvalue weighted by molar-refractivity contribution is 6.00. The Labute approximate surface area is 137 Å². The molecule has 2 aromatic carbocycles. The molecule has 1 amide bonds. The SMILES string of the molecule is CC(CO)C(C)NC(=O)c1ccccc1N(C)c1ccccc1. The topological polar surface area (TPSA) is 52.6 Å². The van der Waals surface area contributed by atoms with Crippen LogP contribution in [0.3, 0.4) is 0 Å². The molecule has 2 rings (SSSR count). The smallest absolute Gasteiger partial charge is 0.253 e. The number of hydrogen-bond donors (Lipinski definition) is 2. The molecule has 2 aromatic rings. The molecule has 4 heteroatoms. The van der Waals surface area contributed by atoms with E-state index in [0.29, 0.717) is 5.56 Å². The molecule has 2 atom stereocenters. The van der Waals surface area contributed by atoms with Gasteiger partial charge in [-0.1, -0.05) is 37.3 Å². The maximum Gasteiger partial charge on any atom is 0.253 e. The van der Waals surface area contributed by atoms with Gasteiger partial charge in [-0.15, -0.1) is 0 Å². The molecule has 2 N–H and O–H groups in total. The average molecular weight is 312 g/mol. The van der Waals surface area contributed by atoms with E-state index in [1.54, 1.807) is 0 Å². The summed E-state index contributed by atoms with van der Waals surface area (Å²) < 4.78 is 0. The van der Waals surface area contributed by atoms with Gasteiger partial charge in [-0.25, -0.2) is 0 Å². The number of rotatable bonds is 6. The minimum Gasteiger partial charge on any atom is -0.396 e. The van der Waals surface area contributed by atoms with Crippen molar-refractivity contribution in [2.45, 2.75) is 19.9 Å². The summed E-state index contributed by atoms with van der Waals surface area (Å²) in [5.74, 6) is -0.117. The number of nitrogens with zero attached hydrogens (tertiary/aromatic N) is 1. The zero-order valence-electron chi connectivity index (χ0n) is 13.9. The molecule has 0 spiro atoms. The highest BCUT2D eigenvalue weighted by Gasteiger charge is 2.19. The van der Waals surface area contributed by atoms with E-state index in [-0.39, 0.29) is 24.5 Å². The van der Waals surface area contributed by atoms with E-state index in [4.69, 9.17) is 0 Å². The third-order valence-corrected chi connectivity index (χ3v) is 4.15. The fourth-order valence-electron chi connectivity index (χ4n) is 2.33. The van der Waals surface area contributed by atoms with Gasteiger partial charge in [-0.2, -0.15) is 0 Å². The monoisotopic (exact) mass is 312 g/mol. The zero-order valence-corrected chi connectivity index (χ0v) is 13.9. The summed E-state index contributed by atoms with van der Waals surface area (Å²) in [7, 11) is 1.95. The van der Waals surface area contributed by atoms with Crippen molar-refractivity contribution >= 4 is 17.3 Å². The van der Waals surface area contributed by atoms with Gasteiger partial charge >= 0.3 is 0 Å². The Kier molecular flexibility index (Phi) is 5.77. The second-order valence-corrected chi connectivity index (χ2v) is 5.83. The summed E-state index contributed by atoms with van der Waals surface area (Å²) in [6, 6.07) is 17.4. The Morgan fingerprint density at radius 2 is 1.70 bits per heavy atom. The zero-order chi connectivity index (χ0) is 16.8. The Balaban J connectivity index is 2.25. The number of hydrogen-bond acceptors (Lipinski definition) is 3. The molecule has 0 saturated carbocycles. The van der Waals surface area contributed by atoms with Gasteiger partial charge in [0, 0.05) is 25.4 Å². The molecule has 0 fully saturated rings. The Hall–Kier alpha value is -2.33. The van der Waals surface area contributed by atoms with Crippen LogP contribution in [0.5, 0.6) is 0 Å². The minimum absolute atomic E-state index is 0.0120. The summed E-state index contributed by atoms with van der Waals surface area (Å²) in [6.07, 6.45) is 0. The molecular formula is C19H24N2O2. The van der Waals surface area contributed by atoms with Crippen molar-refractivity contribution in [2.75, 3.05) is 18.6 Å². The van der Waals surface area contributed by atoms with E-state index in [2.05, 4.69) is 5.32 Å². The van der Waals surface area contributed by atoms with Gasteiger partial charge in [-0.3, -0.25) is 4.79 Å². The Morgan fingerprint density at radius 1 is 1.09 bits per heavy atom. The normalized spacial score (nSPS) is 13.2. The van der Waals surface area contributed by atoms with Crippen LogP contribution in [0, 0.1) is 5.92 Å². The largest absolute Gasteiger partial charge is 0.396 e. The van der Waals surface area contributed by atoms with E-state index in [1.807, 2.05) is 80.4 Å². The second-order valence-electron chi connectivity index (χ2n) is 5.83. The fraction of sp³-hybridized carbons (Fsp3) is 0.316. The van der Waals surface area contributed by atoms with Crippen molar-refractivity contribution < 1.29 is 9.90 Å². The molecule has 0 bridgehead atoms. The van der Waals surface area contributed by atoms with Crippen LogP contribution in [0.2, 0.25) is 0 Å². The predicted molar refractivity (Wildman–Crippen MR) is 94.1 cm³/mol. The molecule has 0 saturated heterocycles. The number of nitrogens with one attached hydrogen (secondary N) is 1. The van der Waals surface area contributed by atoms with Gasteiger partial charge in [0.15, 0.2) is 0 Å². The molecule has 0 aliphatic heterocycles. The molecule has 0 radical (unpaired) electrons. The van der Waals surface area contributed by atoms with Crippen LogP contribution < -0.4 is 10.2 Å². The highest BCUT2D eigenvalue weighted by atomic mass is 16.3. The molecule has 23 heavy (non-hydrogen) atoms. The van der Waals surface area contributed by atoms with Crippen molar-refractivity contribution in [2.24, 2.45) is 5.92 Å². The number of aliphatic hydroxyl groups is 1. The molecule has 0 heterocycles. The summed E-state index contributed by atoms with van der Waals surface area (Å²) in [5.41, 5.74) is 2.49. The number of para-hydroxylation sites is 2. The van der Waals surface area contributed by atoms with Crippen molar-refractivity contribution in [1.82, 2.24) is 5.32 Å². The van der Waals surface area contributed by atoms with E-state index in [9.17, 15) is 9.90 Å². The lowest BCUT2D eigenvalue weighted by Crippen LogP contribution is -2.38. The molecule has 122 valence electrons. The number of aliphatic hydroxyl groups excluding tert-OH is 1. The maximum atomic E-state index is 12.6. The highest BCUT2D eigenvalue weighted by Crippen LogP contribution is 2.26. The van der Waals surface area contributed by atoms with Crippen LogP contribution in [0.15, 0.2) is 54.6 Å². The van der Waals surface area contributed by atoms with Crippen molar-refractivity contribution in [3.8, 4) is 0 Å². The third kappa shape index (κ3) is 4.11. The summed E-state index contributed by atoms with van der Waals surface area (Å²) >= 11 is 0. The number of amides is 1. The molecule has 0 aliphatic rings. The molecule has 0 aromatic heterocycles. The molecule has 0 aliphatic carbocycles. The number of benzene rings is 2. The molecule has 4 nitrogen and oxygen atoms in total. The number of carbonyl (C=O) groups is 1. The van der Waals surface area contributed by atoms with Gasteiger partial charge in [0.05, 0.1) is 11.3 Å². The van der Waals surface area contributed by atoms with Crippen molar-refractivity contribution in [3.63, 3.8) is 0 Å². The number of carbonyl (C=O) groups excluding carboxylic acids is 1.